The predicted molar refractivity (Wildman–Crippen MR) is 91.4 cm³/mol. The Morgan fingerprint density at radius 1 is 1.55 bits per heavy atom. The molecule has 1 aromatic carbocycles. The van der Waals surface area contributed by atoms with E-state index in [0.717, 1.165) is 25.1 Å². The average Bonchev–Trinajstić information content (AvgIpc) is 2.87. The molecule has 2 rings (SSSR count). The van der Waals surface area contributed by atoms with Gasteiger partial charge in [0.25, 0.3) is 0 Å². The number of aromatic amines is 1. The van der Waals surface area contributed by atoms with Crippen LogP contribution in [0, 0.1) is 4.77 Å². The van der Waals surface area contributed by atoms with Crippen molar-refractivity contribution in [2.45, 2.75) is 26.2 Å². The van der Waals surface area contributed by atoms with Crippen molar-refractivity contribution in [1.29, 1.82) is 0 Å². The van der Waals surface area contributed by atoms with Gasteiger partial charge >= 0.3 is 0 Å². The van der Waals surface area contributed by atoms with E-state index in [1.54, 1.807) is 23.0 Å². The number of hydrogen-bond donors (Lipinski definition) is 2. The fourth-order valence-electron chi connectivity index (χ4n) is 1.89. The predicted octanol–water partition coefficient (Wildman–Crippen LogP) is 3.64. The zero-order valence-corrected chi connectivity index (χ0v) is 14.7. The van der Waals surface area contributed by atoms with Crippen LogP contribution in [0.25, 0.3) is 0 Å². The summed E-state index contributed by atoms with van der Waals surface area (Å²) in [6.07, 6.45) is 4.50. The van der Waals surface area contributed by atoms with Crippen LogP contribution in [-0.4, -0.2) is 33.3 Å². The Morgan fingerprint density at radius 3 is 3.00 bits per heavy atom. The zero-order valence-electron chi connectivity index (χ0n) is 12.3. The number of phenolic OH excluding ortho intramolecular Hbond substituents is 1. The van der Waals surface area contributed by atoms with Crippen LogP contribution in [-0.2, 0) is 6.42 Å². The minimum atomic E-state index is 0.0356. The molecule has 1 heterocycles. The van der Waals surface area contributed by atoms with E-state index in [4.69, 9.17) is 17.0 Å². The number of nitrogens with one attached hydrogen (secondary N) is 1. The number of methoxy groups -OCH3 is 1. The smallest absolute Gasteiger partial charge is 0.216 e. The lowest BCUT2D eigenvalue weighted by Gasteiger charge is -2.07. The van der Waals surface area contributed by atoms with Crippen molar-refractivity contribution in [1.82, 2.24) is 14.9 Å². The number of benzene rings is 1. The van der Waals surface area contributed by atoms with Crippen LogP contribution in [0.15, 0.2) is 21.7 Å². The van der Waals surface area contributed by atoms with Gasteiger partial charge in [-0.25, -0.2) is 0 Å². The van der Waals surface area contributed by atoms with Crippen molar-refractivity contribution < 1.29 is 9.84 Å². The first-order valence-corrected chi connectivity index (χ1v) is 8.04. The summed E-state index contributed by atoms with van der Waals surface area (Å²) in [6, 6.07) is 3.47. The molecular weight excluding hydrogens is 368 g/mol. The van der Waals surface area contributed by atoms with E-state index in [1.165, 1.54) is 7.11 Å². The number of aromatic nitrogens is 3. The van der Waals surface area contributed by atoms with Crippen molar-refractivity contribution in [3.05, 3.63) is 32.8 Å². The summed E-state index contributed by atoms with van der Waals surface area (Å²) in [5, 5.41) is 21.3. The van der Waals surface area contributed by atoms with Gasteiger partial charge in [-0.05, 0) is 46.7 Å². The molecule has 0 aliphatic carbocycles. The monoisotopic (exact) mass is 384 g/mol. The first kappa shape index (κ1) is 16.7. The second kappa shape index (κ2) is 7.55. The molecule has 1 aromatic heterocycles. The summed E-state index contributed by atoms with van der Waals surface area (Å²) in [7, 11) is 1.50. The molecule has 22 heavy (non-hydrogen) atoms. The number of aryl methyl sites for hydroxylation is 1. The fourth-order valence-corrected chi connectivity index (χ4v) is 2.51. The summed E-state index contributed by atoms with van der Waals surface area (Å²) >= 11 is 8.52. The highest BCUT2D eigenvalue weighted by Crippen LogP contribution is 2.35. The molecule has 0 aliphatic heterocycles. The molecular formula is C14H17BrN4O2S. The lowest BCUT2D eigenvalue weighted by molar-refractivity contribution is 0.372. The fraction of sp³-hybridized carbons (Fsp3) is 0.357. The van der Waals surface area contributed by atoms with Crippen molar-refractivity contribution >= 4 is 34.4 Å². The molecule has 0 spiro atoms. The maximum Gasteiger partial charge on any atom is 0.216 e. The lowest BCUT2D eigenvalue weighted by atomic mass is 10.2. The molecule has 0 radical (unpaired) electrons. The van der Waals surface area contributed by atoms with Crippen LogP contribution < -0.4 is 4.74 Å². The second-order valence-corrected chi connectivity index (χ2v) is 5.80. The number of phenols is 1. The van der Waals surface area contributed by atoms with Crippen molar-refractivity contribution in [3.63, 3.8) is 0 Å². The third-order valence-corrected chi connectivity index (χ3v) is 4.21. The Labute approximate surface area is 142 Å². The molecule has 0 aliphatic rings. The van der Waals surface area contributed by atoms with Crippen molar-refractivity contribution in [2.75, 3.05) is 7.11 Å². The number of halogens is 1. The summed E-state index contributed by atoms with van der Waals surface area (Å²) < 4.78 is 7.60. The largest absolute Gasteiger partial charge is 0.503 e. The zero-order chi connectivity index (χ0) is 16.1. The minimum absolute atomic E-state index is 0.0356. The van der Waals surface area contributed by atoms with Gasteiger partial charge in [-0.2, -0.15) is 14.9 Å². The van der Waals surface area contributed by atoms with Crippen LogP contribution in [0.4, 0.5) is 0 Å². The summed E-state index contributed by atoms with van der Waals surface area (Å²) in [5.74, 6) is 1.22. The molecule has 0 fully saturated rings. The molecule has 0 saturated heterocycles. The van der Waals surface area contributed by atoms with Crippen LogP contribution >= 0.6 is 28.1 Å². The number of ether oxygens (including phenoxy) is 1. The molecule has 0 unspecified atom stereocenters. The van der Waals surface area contributed by atoms with E-state index in [9.17, 15) is 5.11 Å². The first-order chi connectivity index (χ1) is 10.6. The standard InChI is InChI=1S/C14H17BrN4O2S/c1-3-4-5-11-17-18-14(22)19(11)16-8-9-6-7-10(21-2)13(20)12(9)15/h6-8,20H,3-5H2,1-2H3,(H,18,22)/b16-8-. The maximum atomic E-state index is 9.98. The van der Waals surface area contributed by atoms with E-state index in [1.807, 2.05) is 0 Å². The Hall–Kier alpha value is -1.67. The highest BCUT2D eigenvalue weighted by atomic mass is 79.9. The normalized spacial score (nSPS) is 11.2. The molecule has 2 N–H and O–H groups in total. The summed E-state index contributed by atoms with van der Waals surface area (Å²) in [5.41, 5.74) is 0.711. The van der Waals surface area contributed by atoms with Gasteiger partial charge in [0.2, 0.25) is 4.77 Å². The first-order valence-electron chi connectivity index (χ1n) is 6.84. The van der Waals surface area contributed by atoms with Crippen LogP contribution in [0.3, 0.4) is 0 Å². The maximum absolute atomic E-state index is 9.98. The van der Waals surface area contributed by atoms with Gasteiger partial charge in [-0.3, -0.25) is 5.10 Å². The highest BCUT2D eigenvalue weighted by Gasteiger charge is 2.10. The number of hydrogen-bond acceptors (Lipinski definition) is 5. The second-order valence-electron chi connectivity index (χ2n) is 4.62. The third kappa shape index (κ3) is 3.56. The molecule has 2 aromatic rings. The van der Waals surface area contributed by atoms with E-state index in [-0.39, 0.29) is 5.75 Å². The van der Waals surface area contributed by atoms with Gasteiger partial charge in [0.1, 0.15) is 0 Å². The van der Waals surface area contributed by atoms with Crippen molar-refractivity contribution in [2.24, 2.45) is 5.10 Å². The quantitative estimate of drug-likeness (QED) is 0.588. The van der Waals surface area contributed by atoms with Gasteiger partial charge in [0.15, 0.2) is 17.3 Å². The average molecular weight is 385 g/mol. The minimum Gasteiger partial charge on any atom is -0.503 e. The van der Waals surface area contributed by atoms with Gasteiger partial charge < -0.3 is 9.84 Å². The SMILES string of the molecule is CCCCc1n[nH]c(=S)n1/N=C\c1ccc(OC)c(O)c1Br. The molecule has 8 heteroatoms. The number of rotatable bonds is 6. The molecule has 0 atom stereocenters. The molecule has 0 amide bonds. The topological polar surface area (TPSA) is 75.4 Å². The number of H-pyrrole nitrogens is 1. The van der Waals surface area contributed by atoms with E-state index in [2.05, 4.69) is 38.2 Å². The van der Waals surface area contributed by atoms with Gasteiger partial charge in [-0.1, -0.05) is 13.3 Å². The number of nitrogens with zero attached hydrogens (tertiary/aromatic N) is 3. The number of unbranched alkanes of at least 4 members (excludes halogenated alkanes) is 1. The number of aromatic hydroxyl groups is 1. The molecule has 0 saturated carbocycles. The van der Waals surface area contributed by atoms with E-state index >= 15 is 0 Å². The summed E-state index contributed by atoms with van der Waals surface area (Å²) in [6.45, 7) is 2.12. The third-order valence-electron chi connectivity index (χ3n) is 3.11. The molecule has 6 nitrogen and oxygen atoms in total. The van der Waals surface area contributed by atoms with Crippen LogP contribution in [0.2, 0.25) is 0 Å². The molecule has 118 valence electrons. The van der Waals surface area contributed by atoms with Gasteiger partial charge in [0, 0.05) is 12.0 Å². The van der Waals surface area contributed by atoms with Crippen molar-refractivity contribution in [3.8, 4) is 11.5 Å². The Kier molecular flexibility index (Phi) is 5.73. The summed E-state index contributed by atoms with van der Waals surface area (Å²) in [4.78, 5) is 0. The lowest BCUT2D eigenvalue weighted by Crippen LogP contribution is -1.99. The van der Waals surface area contributed by atoms with Crippen LogP contribution in [0.1, 0.15) is 31.2 Å². The Bertz CT molecular complexity index is 739. The van der Waals surface area contributed by atoms with Crippen LogP contribution in [0.5, 0.6) is 11.5 Å². The Morgan fingerprint density at radius 2 is 2.32 bits per heavy atom. The molecule has 0 bridgehead atoms. The van der Waals surface area contributed by atoms with Gasteiger partial charge in [0.05, 0.1) is 17.8 Å². The van der Waals surface area contributed by atoms with Gasteiger partial charge in [-0.15, -0.1) is 0 Å². The Balaban J connectivity index is 2.31. The van der Waals surface area contributed by atoms with E-state index in [0.29, 0.717) is 20.6 Å². The highest BCUT2D eigenvalue weighted by molar-refractivity contribution is 9.10. The van der Waals surface area contributed by atoms with E-state index < -0.39 is 0 Å².